The van der Waals surface area contributed by atoms with Crippen LogP contribution in [0.4, 0.5) is 4.39 Å². The van der Waals surface area contributed by atoms with Gasteiger partial charge in [-0.15, -0.1) is 0 Å². The Hall–Kier alpha value is -2.00. The van der Waals surface area contributed by atoms with Crippen molar-refractivity contribution in [1.82, 2.24) is 4.90 Å². The molecule has 3 heteroatoms. The number of nitrogens with zero attached hydrogens (tertiary/aromatic N) is 1. The number of hydrogen-bond acceptors (Lipinski definition) is 2. The first-order valence-electron chi connectivity index (χ1n) is 9.42. The van der Waals surface area contributed by atoms with E-state index in [1.54, 1.807) is 12.1 Å². The minimum atomic E-state index is -0.329. The van der Waals surface area contributed by atoms with E-state index >= 15 is 0 Å². The molecule has 138 valence electrons. The van der Waals surface area contributed by atoms with Gasteiger partial charge in [0, 0.05) is 29.1 Å². The quantitative estimate of drug-likeness (QED) is 0.680. The van der Waals surface area contributed by atoms with Crippen LogP contribution in [0.1, 0.15) is 49.5 Å². The second-order valence-corrected chi connectivity index (χ2v) is 8.35. The Morgan fingerprint density at radius 3 is 2.58 bits per heavy atom. The summed E-state index contributed by atoms with van der Waals surface area (Å²) in [4.78, 5) is 15.7. The van der Waals surface area contributed by atoms with E-state index < -0.39 is 0 Å². The SMILES string of the molecule is Cc1cccc(-c2c(F)cccc2C(=O)[C@@H]2CCCN(C(C)(C)C)C2)c1. The number of carbonyl (C=O) groups excluding carboxylic acids is 1. The first-order chi connectivity index (χ1) is 12.3. The smallest absolute Gasteiger partial charge is 0.167 e. The van der Waals surface area contributed by atoms with E-state index in [0.29, 0.717) is 11.1 Å². The number of aryl methyl sites for hydroxylation is 1. The van der Waals surface area contributed by atoms with Gasteiger partial charge in [-0.25, -0.2) is 4.39 Å². The monoisotopic (exact) mass is 353 g/mol. The average Bonchev–Trinajstić information content (AvgIpc) is 2.60. The Bertz CT molecular complexity index is 806. The van der Waals surface area contributed by atoms with Crippen LogP contribution in [0.5, 0.6) is 0 Å². The molecule has 0 saturated carbocycles. The van der Waals surface area contributed by atoms with E-state index in [1.165, 1.54) is 6.07 Å². The molecular weight excluding hydrogens is 325 g/mol. The van der Waals surface area contributed by atoms with Crippen LogP contribution in [0, 0.1) is 18.7 Å². The highest BCUT2D eigenvalue weighted by molar-refractivity contribution is 6.04. The lowest BCUT2D eigenvalue weighted by Gasteiger charge is -2.41. The van der Waals surface area contributed by atoms with Crippen molar-refractivity contribution in [3.8, 4) is 11.1 Å². The zero-order valence-corrected chi connectivity index (χ0v) is 16.2. The van der Waals surface area contributed by atoms with Crippen LogP contribution in [0.3, 0.4) is 0 Å². The number of likely N-dealkylation sites (tertiary alicyclic amines) is 1. The van der Waals surface area contributed by atoms with Gasteiger partial charge in [-0.05, 0) is 58.7 Å². The number of hydrogen-bond donors (Lipinski definition) is 0. The van der Waals surface area contributed by atoms with E-state index in [1.807, 2.05) is 31.2 Å². The highest BCUT2D eigenvalue weighted by Crippen LogP contribution is 2.32. The van der Waals surface area contributed by atoms with Crippen LogP contribution in [0.2, 0.25) is 0 Å². The molecule has 0 amide bonds. The van der Waals surface area contributed by atoms with Gasteiger partial charge in [0.15, 0.2) is 5.78 Å². The van der Waals surface area contributed by atoms with Crippen LogP contribution in [-0.2, 0) is 0 Å². The predicted molar refractivity (Wildman–Crippen MR) is 105 cm³/mol. The van der Waals surface area contributed by atoms with Crippen molar-refractivity contribution in [3.63, 3.8) is 0 Å². The lowest BCUT2D eigenvalue weighted by Crippen LogP contribution is -2.48. The van der Waals surface area contributed by atoms with Crippen LogP contribution < -0.4 is 0 Å². The summed E-state index contributed by atoms with van der Waals surface area (Å²) in [6, 6.07) is 12.6. The third-order valence-corrected chi connectivity index (χ3v) is 5.33. The van der Waals surface area contributed by atoms with Crippen LogP contribution in [-0.4, -0.2) is 29.3 Å². The molecule has 3 rings (SSSR count). The van der Waals surface area contributed by atoms with Crippen LogP contribution in [0.15, 0.2) is 42.5 Å². The van der Waals surface area contributed by atoms with Gasteiger partial charge in [-0.3, -0.25) is 9.69 Å². The molecule has 0 spiro atoms. The molecular formula is C23H28FNO. The Morgan fingerprint density at radius 1 is 1.15 bits per heavy atom. The number of ketones is 1. The number of Topliss-reactive ketones (excluding diaryl/α,β-unsaturated/α-hetero) is 1. The molecule has 1 fully saturated rings. The fourth-order valence-corrected chi connectivity index (χ4v) is 3.84. The number of benzene rings is 2. The summed E-state index contributed by atoms with van der Waals surface area (Å²) < 4.78 is 14.7. The Kier molecular flexibility index (Phi) is 5.29. The van der Waals surface area contributed by atoms with Gasteiger partial charge in [0.25, 0.3) is 0 Å². The second kappa shape index (κ2) is 7.32. The largest absolute Gasteiger partial charge is 0.298 e. The summed E-state index contributed by atoms with van der Waals surface area (Å²) in [5.74, 6) is -0.340. The molecule has 1 aliphatic rings. The van der Waals surface area contributed by atoms with Gasteiger partial charge in [0.05, 0.1) is 0 Å². The number of piperidine rings is 1. The van der Waals surface area contributed by atoms with Crippen LogP contribution >= 0.6 is 0 Å². The molecule has 0 aliphatic carbocycles. The Labute approximate surface area is 156 Å². The Balaban J connectivity index is 1.97. The molecule has 1 saturated heterocycles. The van der Waals surface area contributed by atoms with E-state index in [-0.39, 0.29) is 23.1 Å². The molecule has 0 bridgehead atoms. The molecule has 0 radical (unpaired) electrons. The number of halogens is 1. The molecule has 2 aromatic carbocycles. The lowest BCUT2D eigenvalue weighted by atomic mass is 9.85. The molecule has 0 unspecified atom stereocenters. The fraction of sp³-hybridized carbons (Fsp3) is 0.435. The third kappa shape index (κ3) is 3.88. The average molecular weight is 353 g/mol. The molecule has 2 aromatic rings. The van der Waals surface area contributed by atoms with Gasteiger partial charge >= 0.3 is 0 Å². The molecule has 1 atom stereocenters. The van der Waals surface area contributed by atoms with Gasteiger partial charge in [0.1, 0.15) is 5.82 Å². The topological polar surface area (TPSA) is 20.3 Å². The summed E-state index contributed by atoms with van der Waals surface area (Å²) in [5, 5.41) is 0. The van der Waals surface area contributed by atoms with Crippen molar-refractivity contribution in [2.24, 2.45) is 5.92 Å². The van der Waals surface area contributed by atoms with Crippen molar-refractivity contribution in [1.29, 1.82) is 0 Å². The van der Waals surface area contributed by atoms with Crippen molar-refractivity contribution in [3.05, 3.63) is 59.4 Å². The Morgan fingerprint density at radius 2 is 1.88 bits per heavy atom. The summed E-state index contributed by atoms with van der Waals surface area (Å²) >= 11 is 0. The zero-order chi connectivity index (χ0) is 18.9. The first kappa shape index (κ1) is 18.8. The van der Waals surface area contributed by atoms with Crippen molar-refractivity contribution in [2.45, 2.75) is 46.1 Å². The zero-order valence-electron chi connectivity index (χ0n) is 16.2. The highest BCUT2D eigenvalue weighted by atomic mass is 19.1. The van der Waals surface area contributed by atoms with Crippen molar-refractivity contribution < 1.29 is 9.18 Å². The number of rotatable bonds is 3. The van der Waals surface area contributed by atoms with E-state index in [0.717, 1.165) is 37.1 Å². The molecule has 26 heavy (non-hydrogen) atoms. The van der Waals surface area contributed by atoms with Crippen molar-refractivity contribution >= 4 is 5.78 Å². The number of carbonyl (C=O) groups is 1. The summed E-state index contributed by atoms with van der Waals surface area (Å²) in [5.41, 5.74) is 2.82. The van der Waals surface area contributed by atoms with E-state index in [4.69, 9.17) is 0 Å². The third-order valence-electron chi connectivity index (χ3n) is 5.33. The van der Waals surface area contributed by atoms with Crippen molar-refractivity contribution in [2.75, 3.05) is 13.1 Å². The highest BCUT2D eigenvalue weighted by Gasteiger charge is 2.33. The predicted octanol–water partition coefficient (Wildman–Crippen LogP) is 5.49. The fourth-order valence-electron chi connectivity index (χ4n) is 3.84. The van der Waals surface area contributed by atoms with E-state index in [2.05, 4.69) is 25.7 Å². The molecule has 0 N–H and O–H groups in total. The van der Waals surface area contributed by atoms with Gasteiger partial charge in [-0.1, -0.05) is 42.0 Å². The maximum Gasteiger partial charge on any atom is 0.167 e. The standard InChI is InChI=1S/C23H28FNO/c1-16-8-5-9-17(14-16)21-19(11-6-12-20(21)24)22(26)18-10-7-13-25(15-18)23(2,3)4/h5-6,8-9,11-12,14,18H,7,10,13,15H2,1-4H3/t18-/m1/s1. The summed E-state index contributed by atoms with van der Waals surface area (Å²) in [6.45, 7) is 10.3. The summed E-state index contributed by atoms with van der Waals surface area (Å²) in [7, 11) is 0. The molecule has 1 heterocycles. The second-order valence-electron chi connectivity index (χ2n) is 8.35. The molecule has 1 aliphatic heterocycles. The first-order valence-corrected chi connectivity index (χ1v) is 9.42. The van der Waals surface area contributed by atoms with Gasteiger partial charge < -0.3 is 0 Å². The minimum absolute atomic E-state index is 0.0419. The van der Waals surface area contributed by atoms with Gasteiger partial charge in [0.2, 0.25) is 0 Å². The lowest BCUT2D eigenvalue weighted by molar-refractivity contribution is 0.0617. The van der Waals surface area contributed by atoms with Gasteiger partial charge in [-0.2, -0.15) is 0 Å². The van der Waals surface area contributed by atoms with E-state index in [9.17, 15) is 9.18 Å². The summed E-state index contributed by atoms with van der Waals surface area (Å²) in [6.07, 6.45) is 1.87. The molecule has 0 aromatic heterocycles. The van der Waals surface area contributed by atoms with Crippen LogP contribution in [0.25, 0.3) is 11.1 Å². The maximum atomic E-state index is 14.7. The minimum Gasteiger partial charge on any atom is -0.298 e. The maximum absolute atomic E-state index is 14.7. The normalized spacial score (nSPS) is 18.7. The molecule has 2 nitrogen and oxygen atoms in total.